The number of fused-ring (bicyclic) bond motifs is 1. The minimum Gasteiger partial charge on any atom is -0.387 e. The highest BCUT2D eigenvalue weighted by molar-refractivity contribution is 5.94. The summed E-state index contributed by atoms with van der Waals surface area (Å²) in [4.78, 5) is 12.4. The summed E-state index contributed by atoms with van der Waals surface area (Å²) >= 11 is 0. The molecule has 142 valence electrons. The van der Waals surface area contributed by atoms with Crippen LogP contribution >= 0.6 is 12.4 Å². The number of nitrogens with one attached hydrogen (secondary N) is 3. The van der Waals surface area contributed by atoms with Crippen LogP contribution < -0.4 is 10.6 Å². The van der Waals surface area contributed by atoms with Gasteiger partial charge in [-0.25, -0.2) is 0 Å². The van der Waals surface area contributed by atoms with E-state index in [-0.39, 0.29) is 30.3 Å². The first-order valence-corrected chi connectivity index (χ1v) is 8.70. The Bertz CT molecular complexity index is 750. The Hall–Kier alpha value is -1.89. The maximum atomic E-state index is 12.4. The number of nitrogens with zero attached hydrogens (tertiary/aromatic N) is 1. The Balaban J connectivity index is 0.00000243. The Morgan fingerprint density at radius 3 is 2.65 bits per heavy atom. The maximum absolute atomic E-state index is 12.4. The normalized spacial score (nSPS) is 14.9. The lowest BCUT2D eigenvalue weighted by Gasteiger charge is -2.20. The summed E-state index contributed by atoms with van der Waals surface area (Å²) in [7, 11) is 0. The lowest BCUT2D eigenvalue weighted by atomic mass is 9.86. The van der Waals surface area contributed by atoms with Crippen molar-refractivity contribution in [3.63, 3.8) is 0 Å². The van der Waals surface area contributed by atoms with Gasteiger partial charge in [-0.1, -0.05) is 45.0 Å². The van der Waals surface area contributed by atoms with Crippen LogP contribution in [-0.2, 0) is 18.4 Å². The number of aromatic nitrogens is 2. The summed E-state index contributed by atoms with van der Waals surface area (Å²) < 4.78 is 0. The Morgan fingerprint density at radius 2 is 2.00 bits per heavy atom. The molecule has 0 aliphatic carbocycles. The minimum atomic E-state index is -0.745. The fourth-order valence-electron chi connectivity index (χ4n) is 3.01. The molecule has 2 aromatic rings. The van der Waals surface area contributed by atoms with Crippen molar-refractivity contribution in [1.82, 2.24) is 20.8 Å². The summed E-state index contributed by atoms with van der Waals surface area (Å²) in [5.74, 6) is -0.258. The Morgan fingerprint density at radius 1 is 1.31 bits per heavy atom. The zero-order chi connectivity index (χ0) is 18.0. The van der Waals surface area contributed by atoms with Gasteiger partial charge in [-0.15, -0.1) is 12.4 Å². The molecule has 1 aromatic heterocycles. The average molecular weight is 379 g/mol. The molecule has 0 saturated heterocycles. The molecule has 1 amide bonds. The molecule has 1 atom stereocenters. The molecule has 0 saturated carbocycles. The van der Waals surface area contributed by atoms with Crippen LogP contribution in [0.2, 0.25) is 0 Å². The SMILES string of the molecule is CC(C)(C)c1ccc(C(O)CNC(=O)c2n[nH]c3c2CNCC3)cc1.Cl. The van der Waals surface area contributed by atoms with Gasteiger partial charge in [0.2, 0.25) is 0 Å². The molecule has 1 aliphatic heterocycles. The van der Waals surface area contributed by atoms with E-state index >= 15 is 0 Å². The molecule has 0 radical (unpaired) electrons. The van der Waals surface area contributed by atoms with Gasteiger partial charge in [0.05, 0.1) is 6.10 Å². The number of halogens is 1. The van der Waals surface area contributed by atoms with Gasteiger partial charge < -0.3 is 15.7 Å². The molecule has 0 fully saturated rings. The van der Waals surface area contributed by atoms with Crippen LogP contribution in [-0.4, -0.2) is 34.3 Å². The van der Waals surface area contributed by atoms with E-state index in [2.05, 4.69) is 41.6 Å². The van der Waals surface area contributed by atoms with Crippen molar-refractivity contribution in [2.45, 2.75) is 45.3 Å². The predicted octanol–water partition coefficient (Wildman–Crippen LogP) is 2.24. The third-order valence-electron chi connectivity index (χ3n) is 4.64. The fraction of sp³-hybridized carbons (Fsp3) is 0.474. The Kier molecular flexibility index (Phi) is 6.44. The largest absolute Gasteiger partial charge is 0.387 e. The number of aliphatic hydroxyl groups is 1. The highest BCUT2D eigenvalue weighted by Gasteiger charge is 2.22. The molecular formula is C19H27ClN4O2. The molecule has 2 heterocycles. The van der Waals surface area contributed by atoms with Crippen molar-refractivity contribution >= 4 is 18.3 Å². The smallest absolute Gasteiger partial charge is 0.272 e. The van der Waals surface area contributed by atoms with Crippen LogP contribution in [0.5, 0.6) is 0 Å². The number of hydrogen-bond acceptors (Lipinski definition) is 4. The topological polar surface area (TPSA) is 90.0 Å². The third-order valence-corrected chi connectivity index (χ3v) is 4.64. The number of aliphatic hydroxyl groups excluding tert-OH is 1. The molecule has 3 rings (SSSR count). The number of carbonyl (C=O) groups is 1. The van der Waals surface area contributed by atoms with Gasteiger partial charge in [0, 0.05) is 37.3 Å². The van der Waals surface area contributed by atoms with Gasteiger partial charge in [-0.3, -0.25) is 9.89 Å². The summed E-state index contributed by atoms with van der Waals surface area (Å²) in [6.07, 6.45) is 0.101. The molecule has 6 nitrogen and oxygen atoms in total. The van der Waals surface area contributed by atoms with E-state index in [4.69, 9.17) is 0 Å². The number of aromatic amines is 1. The van der Waals surface area contributed by atoms with E-state index < -0.39 is 6.10 Å². The quantitative estimate of drug-likeness (QED) is 0.656. The zero-order valence-electron chi connectivity index (χ0n) is 15.4. The van der Waals surface area contributed by atoms with Gasteiger partial charge in [-0.2, -0.15) is 5.10 Å². The summed E-state index contributed by atoms with van der Waals surface area (Å²) in [6, 6.07) is 7.88. The first-order valence-electron chi connectivity index (χ1n) is 8.70. The third kappa shape index (κ3) is 4.44. The van der Waals surface area contributed by atoms with Crippen LogP contribution in [0.25, 0.3) is 0 Å². The number of amides is 1. The van der Waals surface area contributed by atoms with Crippen LogP contribution in [0.4, 0.5) is 0 Å². The zero-order valence-corrected chi connectivity index (χ0v) is 16.2. The van der Waals surface area contributed by atoms with Gasteiger partial charge in [0.15, 0.2) is 5.69 Å². The molecule has 0 bridgehead atoms. The summed E-state index contributed by atoms with van der Waals surface area (Å²) in [6.45, 7) is 8.14. The summed E-state index contributed by atoms with van der Waals surface area (Å²) in [5, 5.41) is 23.4. The van der Waals surface area contributed by atoms with E-state index in [9.17, 15) is 9.90 Å². The maximum Gasteiger partial charge on any atom is 0.272 e. The van der Waals surface area contributed by atoms with Gasteiger partial charge >= 0.3 is 0 Å². The molecule has 4 N–H and O–H groups in total. The van der Waals surface area contributed by atoms with Crippen molar-refractivity contribution in [1.29, 1.82) is 0 Å². The highest BCUT2D eigenvalue weighted by Crippen LogP contribution is 2.24. The monoisotopic (exact) mass is 378 g/mol. The molecule has 1 aromatic carbocycles. The van der Waals surface area contributed by atoms with Crippen LogP contribution in [0, 0.1) is 0 Å². The molecular weight excluding hydrogens is 352 g/mol. The van der Waals surface area contributed by atoms with E-state index in [1.165, 1.54) is 5.56 Å². The van der Waals surface area contributed by atoms with Gasteiger partial charge in [0.1, 0.15) is 0 Å². The second-order valence-electron chi connectivity index (χ2n) is 7.55. The van der Waals surface area contributed by atoms with Gasteiger partial charge in [-0.05, 0) is 16.5 Å². The average Bonchev–Trinajstić information content (AvgIpc) is 3.03. The minimum absolute atomic E-state index is 0. The number of hydrogen-bond donors (Lipinski definition) is 4. The van der Waals surface area contributed by atoms with Crippen molar-refractivity contribution in [3.05, 3.63) is 52.3 Å². The number of carbonyl (C=O) groups excluding carboxylic acids is 1. The Labute approximate surface area is 160 Å². The summed E-state index contributed by atoms with van der Waals surface area (Å²) in [5.41, 5.74) is 4.43. The van der Waals surface area contributed by atoms with E-state index in [0.717, 1.165) is 29.8 Å². The second kappa shape index (κ2) is 8.20. The molecule has 26 heavy (non-hydrogen) atoms. The second-order valence-corrected chi connectivity index (χ2v) is 7.55. The standard InChI is InChI=1S/C19H26N4O2.ClH/c1-19(2,3)13-6-4-12(5-7-13)16(24)11-21-18(25)17-14-10-20-9-8-15(14)22-23-17;/h4-7,16,20,24H,8-11H2,1-3H3,(H,21,25)(H,22,23);1H. The van der Waals surface area contributed by atoms with Crippen molar-refractivity contribution in [3.8, 4) is 0 Å². The van der Waals surface area contributed by atoms with Gasteiger partial charge in [0.25, 0.3) is 5.91 Å². The number of rotatable bonds is 4. The van der Waals surface area contributed by atoms with E-state index in [1.54, 1.807) is 0 Å². The van der Waals surface area contributed by atoms with Crippen molar-refractivity contribution in [2.24, 2.45) is 0 Å². The molecule has 7 heteroatoms. The first kappa shape index (κ1) is 20.4. The van der Waals surface area contributed by atoms with E-state index in [1.807, 2.05) is 24.3 Å². The number of H-pyrrole nitrogens is 1. The molecule has 1 aliphatic rings. The lowest BCUT2D eigenvalue weighted by Crippen LogP contribution is -2.31. The predicted molar refractivity (Wildman–Crippen MR) is 104 cm³/mol. The van der Waals surface area contributed by atoms with Crippen molar-refractivity contribution in [2.75, 3.05) is 13.1 Å². The van der Waals surface area contributed by atoms with Crippen LogP contribution in [0.3, 0.4) is 0 Å². The molecule has 1 unspecified atom stereocenters. The fourth-order valence-corrected chi connectivity index (χ4v) is 3.01. The lowest BCUT2D eigenvalue weighted by molar-refractivity contribution is 0.0910. The number of benzene rings is 1. The molecule has 0 spiro atoms. The first-order chi connectivity index (χ1) is 11.9. The van der Waals surface area contributed by atoms with Crippen molar-refractivity contribution < 1.29 is 9.90 Å². The van der Waals surface area contributed by atoms with Crippen LogP contribution in [0.15, 0.2) is 24.3 Å². The van der Waals surface area contributed by atoms with Crippen LogP contribution in [0.1, 0.15) is 59.7 Å². The van der Waals surface area contributed by atoms with E-state index in [0.29, 0.717) is 12.2 Å². The highest BCUT2D eigenvalue weighted by atomic mass is 35.5.